The van der Waals surface area contributed by atoms with Gasteiger partial charge in [-0.2, -0.15) is 0 Å². The van der Waals surface area contributed by atoms with Crippen molar-refractivity contribution < 1.29 is 9.53 Å². The second-order valence-electron chi connectivity index (χ2n) is 6.83. The largest absolute Gasteiger partial charge is 0.481 e. The first-order valence-electron chi connectivity index (χ1n) is 8.73. The number of nitrogens with zero attached hydrogens (tertiary/aromatic N) is 3. The number of ether oxygens (including phenoxy) is 1. The summed E-state index contributed by atoms with van der Waals surface area (Å²) in [5.41, 5.74) is 1.32. The maximum atomic E-state index is 12.3. The molecule has 1 fully saturated rings. The van der Waals surface area contributed by atoms with Crippen LogP contribution in [-0.4, -0.2) is 66.2 Å². The Balaban J connectivity index is 1.74. The molecule has 6 heteroatoms. The van der Waals surface area contributed by atoms with Crippen molar-refractivity contribution in [2.45, 2.75) is 39.2 Å². The molecule has 1 aliphatic rings. The third-order valence-electron chi connectivity index (χ3n) is 4.99. The fourth-order valence-corrected chi connectivity index (χ4v) is 2.88. The van der Waals surface area contributed by atoms with E-state index in [0.717, 1.165) is 44.6 Å². The summed E-state index contributed by atoms with van der Waals surface area (Å²) in [6.45, 7) is 10.8. The summed E-state index contributed by atoms with van der Waals surface area (Å²) in [5, 5.41) is 3.01. The van der Waals surface area contributed by atoms with E-state index in [0.29, 0.717) is 12.4 Å². The van der Waals surface area contributed by atoms with E-state index in [1.54, 1.807) is 13.3 Å². The van der Waals surface area contributed by atoms with Crippen molar-refractivity contribution in [1.82, 2.24) is 20.1 Å². The molecule has 0 spiro atoms. The Kier molecular flexibility index (Phi) is 6.43. The molecule has 0 saturated carbocycles. The van der Waals surface area contributed by atoms with Gasteiger partial charge in [0.15, 0.2) is 0 Å². The zero-order chi connectivity index (χ0) is 17.6. The normalized spacial score (nSPS) is 16.1. The average Bonchev–Trinajstić information content (AvgIpc) is 2.62. The number of pyridine rings is 1. The zero-order valence-electron chi connectivity index (χ0n) is 15.3. The molecule has 0 bridgehead atoms. The van der Waals surface area contributed by atoms with Gasteiger partial charge in [-0.25, -0.2) is 9.78 Å². The van der Waals surface area contributed by atoms with Crippen LogP contribution in [0.2, 0.25) is 0 Å². The van der Waals surface area contributed by atoms with Gasteiger partial charge in [-0.15, -0.1) is 0 Å². The summed E-state index contributed by atoms with van der Waals surface area (Å²) in [7, 11) is 1.60. The number of hydrogen-bond donors (Lipinski definition) is 1. The third-order valence-corrected chi connectivity index (χ3v) is 4.99. The number of piperazine rings is 1. The minimum Gasteiger partial charge on any atom is -0.481 e. The first-order chi connectivity index (χ1) is 11.5. The molecule has 0 radical (unpaired) electrons. The number of methoxy groups -OCH3 is 1. The Bertz CT molecular complexity index is 540. The Morgan fingerprint density at radius 3 is 2.67 bits per heavy atom. The molecule has 2 rings (SSSR count). The van der Waals surface area contributed by atoms with Crippen molar-refractivity contribution in [2.75, 3.05) is 39.8 Å². The molecule has 0 unspecified atom stereocenters. The van der Waals surface area contributed by atoms with Gasteiger partial charge in [-0.1, -0.05) is 6.92 Å². The van der Waals surface area contributed by atoms with Crippen molar-refractivity contribution in [2.24, 2.45) is 0 Å². The van der Waals surface area contributed by atoms with Crippen LogP contribution in [0.1, 0.15) is 32.8 Å². The van der Waals surface area contributed by atoms with E-state index in [1.165, 1.54) is 0 Å². The van der Waals surface area contributed by atoms with E-state index < -0.39 is 0 Å². The quantitative estimate of drug-likeness (QED) is 0.866. The van der Waals surface area contributed by atoms with Crippen LogP contribution in [0.3, 0.4) is 0 Å². The number of nitrogens with one attached hydrogen (secondary N) is 1. The predicted octanol–water partition coefficient (Wildman–Crippen LogP) is 2.15. The van der Waals surface area contributed by atoms with Crippen LogP contribution in [0.5, 0.6) is 5.88 Å². The molecular weight excluding hydrogens is 304 g/mol. The molecule has 1 aromatic rings. The topological polar surface area (TPSA) is 57.7 Å². The number of carbonyl (C=O) groups excluding carboxylic acids is 1. The summed E-state index contributed by atoms with van der Waals surface area (Å²) >= 11 is 0. The second-order valence-corrected chi connectivity index (χ2v) is 6.83. The summed E-state index contributed by atoms with van der Waals surface area (Å²) in [6.07, 6.45) is 3.62. The molecule has 1 aliphatic heterocycles. The molecule has 1 N–H and O–H groups in total. The Labute approximate surface area is 145 Å². The second kappa shape index (κ2) is 8.33. The lowest BCUT2D eigenvalue weighted by Gasteiger charge is -2.43. The maximum Gasteiger partial charge on any atom is 0.317 e. The summed E-state index contributed by atoms with van der Waals surface area (Å²) < 4.78 is 5.11. The highest BCUT2D eigenvalue weighted by Crippen LogP contribution is 2.20. The molecule has 0 atom stereocenters. The van der Waals surface area contributed by atoms with Crippen molar-refractivity contribution in [3.05, 3.63) is 23.9 Å². The highest BCUT2D eigenvalue weighted by atomic mass is 16.5. The monoisotopic (exact) mass is 334 g/mol. The predicted molar refractivity (Wildman–Crippen MR) is 95.4 cm³/mol. The van der Waals surface area contributed by atoms with Gasteiger partial charge in [0.2, 0.25) is 5.88 Å². The molecule has 6 nitrogen and oxygen atoms in total. The van der Waals surface area contributed by atoms with Crippen LogP contribution in [0.25, 0.3) is 0 Å². The van der Waals surface area contributed by atoms with Crippen LogP contribution in [0.15, 0.2) is 18.3 Å². The smallest absolute Gasteiger partial charge is 0.317 e. The Hall–Kier alpha value is -1.82. The Morgan fingerprint density at radius 1 is 1.33 bits per heavy atom. The van der Waals surface area contributed by atoms with Crippen molar-refractivity contribution in [3.8, 4) is 5.88 Å². The molecule has 1 aromatic heterocycles. The summed E-state index contributed by atoms with van der Waals surface area (Å²) in [5.74, 6) is 0.605. The molecule has 2 heterocycles. The number of hydrogen-bond acceptors (Lipinski definition) is 4. The van der Waals surface area contributed by atoms with Crippen LogP contribution < -0.4 is 10.1 Å². The van der Waals surface area contributed by atoms with Crippen LogP contribution in [0, 0.1) is 0 Å². The lowest BCUT2D eigenvalue weighted by Crippen LogP contribution is -2.57. The Morgan fingerprint density at radius 2 is 2.04 bits per heavy atom. The van der Waals surface area contributed by atoms with Gasteiger partial charge >= 0.3 is 6.03 Å². The van der Waals surface area contributed by atoms with Gasteiger partial charge in [0.25, 0.3) is 0 Å². The highest BCUT2D eigenvalue weighted by molar-refractivity contribution is 5.74. The highest BCUT2D eigenvalue weighted by Gasteiger charge is 2.29. The number of amides is 2. The minimum absolute atomic E-state index is 0.0324. The molecule has 2 amide bonds. The van der Waals surface area contributed by atoms with E-state index in [2.05, 4.69) is 36.0 Å². The first kappa shape index (κ1) is 18.5. The van der Waals surface area contributed by atoms with E-state index in [1.807, 2.05) is 17.0 Å². The van der Waals surface area contributed by atoms with Crippen LogP contribution >= 0.6 is 0 Å². The van der Waals surface area contributed by atoms with Crippen LogP contribution in [0.4, 0.5) is 4.79 Å². The first-order valence-corrected chi connectivity index (χ1v) is 8.73. The average molecular weight is 334 g/mol. The number of urea groups is 1. The lowest BCUT2D eigenvalue weighted by atomic mass is 9.98. The molecule has 0 aliphatic carbocycles. The van der Waals surface area contributed by atoms with Gasteiger partial charge < -0.3 is 15.0 Å². The van der Waals surface area contributed by atoms with Gasteiger partial charge in [0.05, 0.1) is 7.11 Å². The van der Waals surface area contributed by atoms with E-state index in [9.17, 15) is 4.79 Å². The third kappa shape index (κ3) is 4.84. The molecule has 0 aromatic carbocycles. The standard InChI is InChI=1S/C18H30N4O2/c1-5-18(2,3)22-12-10-21(11-13-22)17(23)20-9-7-15-6-8-19-16(14-15)24-4/h6,8,14H,5,7,9-13H2,1-4H3,(H,20,23). The van der Waals surface area contributed by atoms with Gasteiger partial charge in [-0.05, 0) is 38.3 Å². The van der Waals surface area contributed by atoms with Gasteiger partial charge in [0, 0.05) is 50.5 Å². The van der Waals surface area contributed by atoms with Crippen molar-refractivity contribution in [3.63, 3.8) is 0 Å². The number of aromatic nitrogens is 1. The summed E-state index contributed by atoms with van der Waals surface area (Å²) in [4.78, 5) is 20.8. The van der Waals surface area contributed by atoms with E-state index >= 15 is 0 Å². The van der Waals surface area contributed by atoms with Crippen molar-refractivity contribution >= 4 is 6.03 Å². The SMILES string of the molecule is CCC(C)(C)N1CCN(C(=O)NCCc2ccnc(OC)c2)CC1. The van der Waals surface area contributed by atoms with Gasteiger partial charge in [-0.3, -0.25) is 4.90 Å². The fourth-order valence-electron chi connectivity index (χ4n) is 2.88. The van der Waals surface area contributed by atoms with E-state index in [-0.39, 0.29) is 11.6 Å². The van der Waals surface area contributed by atoms with Gasteiger partial charge in [0.1, 0.15) is 0 Å². The minimum atomic E-state index is 0.0324. The number of carbonyl (C=O) groups is 1. The molecule has 1 saturated heterocycles. The summed E-state index contributed by atoms with van der Waals surface area (Å²) in [6, 6.07) is 3.88. The van der Waals surface area contributed by atoms with Crippen LogP contribution in [-0.2, 0) is 6.42 Å². The van der Waals surface area contributed by atoms with E-state index in [4.69, 9.17) is 4.74 Å². The van der Waals surface area contributed by atoms with Crippen molar-refractivity contribution in [1.29, 1.82) is 0 Å². The lowest BCUT2D eigenvalue weighted by molar-refractivity contribution is 0.0615. The molecular formula is C18H30N4O2. The molecule has 24 heavy (non-hydrogen) atoms. The number of rotatable bonds is 6. The maximum absolute atomic E-state index is 12.3. The zero-order valence-corrected chi connectivity index (χ0v) is 15.3. The molecule has 134 valence electrons. The fraction of sp³-hybridized carbons (Fsp3) is 0.667.